The first-order chi connectivity index (χ1) is 11.5. The van der Waals surface area contributed by atoms with E-state index in [9.17, 15) is 28.6 Å². The summed E-state index contributed by atoms with van der Waals surface area (Å²) in [5.41, 5.74) is -0.588. The van der Waals surface area contributed by atoms with E-state index in [1.807, 2.05) is 0 Å². The first-order valence-electron chi connectivity index (χ1n) is 6.61. The fourth-order valence-electron chi connectivity index (χ4n) is 1.97. The smallest absolute Gasteiger partial charge is 0.312 e. The number of sulfone groups is 1. The summed E-state index contributed by atoms with van der Waals surface area (Å²) >= 11 is 5.78. The zero-order valence-electron chi connectivity index (χ0n) is 12.9. The molecule has 0 aliphatic rings. The van der Waals surface area contributed by atoms with Gasteiger partial charge in [0.2, 0.25) is 5.75 Å². The Labute approximate surface area is 147 Å². The fourth-order valence-corrected chi connectivity index (χ4v) is 2.90. The van der Waals surface area contributed by atoms with Crippen LogP contribution in [0.25, 0.3) is 0 Å². The van der Waals surface area contributed by atoms with Gasteiger partial charge in [0.25, 0.3) is 5.69 Å². The Morgan fingerprint density at radius 1 is 1.00 bits per heavy atom. The van der Waals surface area contributed by atoms with E-state index in [2.05, 4.69) is 0 Å². The van der Waals surface area contributed by atoms with Crippen LogP contribution in [0.15, 0.2) is 35.2 Å². The van der Waals surface area contributed by atoms with Crippen molar-refractivity contribution < 1.29 is 23.0 Å². The van der Waals surface area contributed by atoms with Crippen LogP contribution in [0.1, 0.15) is 5.56 Å². The maximum Gasteiger partial charge on any atom is 0.312 e. The van der Waals surface area contributed by atoms with Crippen LogP contribution in [-0.4, -0.2) is 24.5 Å². The molecule has 0 aliphatic carbocycles. The van der Waals surface area contributed by atoms with Crippen LogP contribution in [0.4, 0.5) is 11.4 Å². The van der Waals surface area contributed by atoms with E-state index in [0.29, 0.717) is 5.56 Å². The largest absolute Gasteiger partial charge is 0.450 e. The maximum absolute atomic E-state index is 11.5. The molecule has 25 heavy (non-hydrogen) atoms. The topological polar surface area (TPSA) is 130 Å². The lowest BCUT2D eigenvalue weighted by molar-refractivity contribution is -0.386. The molecule has 0 heterocycles. The molecule has 0 amide bonds. The molecule has 2 aromatic carbocycles. The van der Waals surface area contributed by atoms with Gasteiger partial charge in [0.15, 0.2) is 9.84 Å². The number of benzene rings is 2. The Kier molecular flexibility index (Phi) is 4.95. The molecule has 0 unspecified atom stereocenters. The normalized spacial score (nSPS) is 11.2. The molecule has 9 nitrogen and oxygen atoms in total. The van der Waals surface area contributed by atoms with Crippen LogP contribution in [0.2, 0.25) is 5.02 Å². The molecular weight excluding hydrogens is 376 g/mol. The highest BCUT2D eigenvalue weighted by molar-refractivity contribution is 7.90. The average molecular weight is 387 g/mol. The van der Waals surface area contributed by atoms with Gasteiger partial charge in [0.1, 0.15) is 10.8 Å². The molecule has 2 rings (SSSR count). The minimum atomic E-state index is -3.65. The second kappa shape index (κ2) is 6.65. The minimum Gasteiger partial charge on any atom is -0.450 e. The first kappa shape index (κ1) is 18.6. The molecule has 0 atom stereocenters. The second-order valence-electron chi connectivity index (χ2n) is 5.09. The molecular formula is C14H11ClN2O7S. The van der Waals surface area contributed by atoms with Crippen molar-refractivity contribution in [2.45, 2.75) is 11.8 Å². The van der Waals surface area contributed by atoms with E-state index >= 15 is 0 Å². The van der Waals surface area contributed by atoms with Gasteiger partial charge < -0.3 is 4.74 Å². The monoisotopic (exact) mass is 386 g/mol. The Bertz CT molecular complexity index is 989. The number of ether oxygens (including phenoxy) is 1. The van der Waals surface area contributed by atoms with Crippen molar-refractivity contribution in [2.75, 3.05) is 6.26 Å². The number of halogens is 1. The summed E-state index contributed by atoms with van der Waals surface area (Å²) in [6, 6.07) is 5.48. The summed E-state index contributed by atoms with van der Waals surface area (Å²) in [6.07, 6.45) is 0.916. The quantitative estimate of drug-likeness (QED) is 0.566. The van der Waals surface area contributed by atoms with Gasteiger partial charge in [-0.25, -0.2) is 8.42 Å². The standard InChI is InChI=1S/C14H11ClN2O7S/c1-8-5-10(15)11(16(18)19)7-14(8)24-13-4-3-9(25(2,22)23)6-12(13)17(20)21/h3-7H,1-2H3. The third-order valence-corrected chi connectivity index (χ3v) is 4.63. The van der Waals surface area contributed by atoms with Gasteiger partial charge in [0, 0.05) is 12.3 Å². The first-order valence-corrected chi connectivity index (χ1v) is 8.88. The summed E-state index contributed by atoms with van der Waals surface area (Å²) < 4.78 is 28.5. The van der Waals surface area contributed by atoms with E-state index < -0.39 is 31.1 Å². The predicted octanol–water partition coefficient (Wildman–Crippen LogP) is 3.66. The van der Waals surface area contributed by atoms with E-state index in [1.165, 1.54) is 6.07 Å². The highest BCUT2D eigenvalue weighted by atomic mass is 35.5. The van der Waals surface area contributed by atoms with Crippen molar-refractivity contribution in [2.24, 2.45) is 0 Å². The van der Waals surface area contributed by atoms with Crippen LogP contribution >= 0.6 is 11.6 Å². The van der Waals surface area contributed by atoms with Crippen LogP contribution in [0.3, 0.4) is 0 Å². The molecule has 0 aliphatic heterocycles. The van der Waals surface area contributed by atoms with Gasteiger partial charge in [-0.15, -0.1) is 0 Å². The number of nitrogens with zero attached hydrogens (tertiary/aromatic N) is 2. The molecule has 2 aromatic rings. The van der Waals surface area contributed by atoms with Crippen LogP contribution in [-0.2, 0) is 9.84 Å². The lowest BCUT2D eigenvalue weighted by Gasteiger charge is -2.10. The number of aryl methyl sites for hydroxylation is 1. The second-order valence-corrected chi connectivity index (χ2v) is 7.51. The van der Waals surface area contributed by atoms with E-state index in [4.69, 9.17) is 16.3 Å². The predicted molar refractivity (Wildman–Crippen MR) is 89.1 cm³/mol. The number of hydrogen-bond donors (Lipinski definition) is 0. The molecule has 0 saturated heterocycles. The molecule has 0 aromatic heterocycles. The Morgan fingerprint density at radius 2 is 1.60 bits per heavy atom. The summed E-state index contributed by atoms with van der Waals surface area (Å²) in [5.74, 6) is -0.261. The highest BCUT2D eigenvalue weighted by Crippen LogP contribution is 2.38. The van der Waals surface area contributed by atoms with Gasteiger partial charge in [-0.1, -0.05) is 11.6 Å². The van der Waals surface area contributed by atoms with Crippen molar-refractivity contribution in [3.8, 4) is 11.5 Å². The van der Waals surface area contributed by atoms with Crippen LogP contribution in [0, 0.1) is 27.2 Å². The fraction of sp³-hybridized carbons (Fsp3) is 0.143. The summed E-state index contributed by atoms with van der Waals surface area (Å²) in [5, 5.41) is 22.1. The molecule has 11 heteroatoms. The van der Waals surface area contributed by atoms with Gasteiger partial charge in [-0.3, -0.25) is 20.2 Å². The molecule has 0 saturated carbocycles. The lowest BCUT2D eigenvalue weighted by atomic mass is 10.2. The van der Waals surface area contributed by atoms with Crippen molar-refractivity contribution in [1.29, 1.82) is 0 Å². The molecule has 132 valence electrons. The van der Waals surface area contributed by atoms with E-state index in [0.717, 1.165) is 30.5 Å². The summed E-state index contributed by atoms with van der Waals surface area (Å²) in [7, 11) is -3.65. The number of rotatable bonds is 5. The molecule has 0 fully saturated rings. The van der Waals surface area contributed by atoms with E-state index in [-0.39, 0.29) is 21.4 Å². The van der Waals surface area contributed by atoms with E-state index in [1.54, 1.807) is 6.92 Å². The third-order valence-electron chi connectivity index (χ3n) is 3.22. The van der Waals surface area contributed by atoms with Gasteiger partial charge in [-0.05, 0) is 30.7 Å². The Hall–Kier alpha value is -2.72. The summed E-state index contributed by atoms with van der Waals surface area (Å²) in [4.78, 5) is 20.4. The molecule has 0 radical (unpaired) electrons. The van der Waals surface area contributed by atoms with Crippen molar-refractivity contribution in [3.63, 3.8) is 0 Å². The van der Waals surface area contributed by atoms with Crippen molar-refractivity contribution in [3.05, 3.63) is 61.1 Å². The highest BCUT2D eigenvalue weighted by Gasteiger charge is 2.22. The third kappa shape index (κ3) is 4.03. The van der Waals surface area contributed by atoms with Gasteiger partial charge in [0.05, 0.1) is 20.8 Å². The zero-order chi connectivity index (χ0) is 18.9. The summed E-state index contributed by atoms with van der Waals surface area (Å²) in [6.45, 7) is 1.56. The lowest BCUT2D eigenvalue weighted by Crippen LogP contribution is -2.01. The van der Waals surface area contributed by atoms with Crippen LogP contribution in [0.5, 0.6) is 11.5 Å². The van der Waals surface area contributed by atoms with Gasteiger partial charge in [-0.2, -0.15) is 0 Å². The maximum atomic E-state index is 11.5. The molecule has 0 spiro atoms. The zero-order valence-corrected chi connectivity index (χ0v) is 14.5. The SMILES string of the molecule is Cc1cc(Cl)c([N+](=O)[O-])cc1Oc1ccc(S(C)(=O)=O)cc1[N+](=O)[O-]. The van der Waals surface area contributed by atoms with Crippen molar-refractivity contribution in [1.82, 2.24) is 0 Å². The minimum absolute atomic E-state index is 0.00805. The van der Waals surface area contributed by atoms with Gasteiger partial charge >= 0.3 is 5.69 Å². The Balaban J connectivity index is 2.56. The molecule has 0 N–H and O–H groups in total. The Morgan fingerprint density at radius 3 is 2.12 bits per heavy atom. The number of nitro benzene ring substituents is 2. The molecule has 0 bridgehead atoms. The average Bonchev–Trinajstić information content (AvgIpc) is 2.48. The van der Waals surface area contributed by atoms with Crippen LogP contribution < -0.4 is 4.74 Å². The van der Waals surface area contributed by atoms with Crippen molar-refractivity contribution >= 4 is 32.8 Å². The number of nitro groups is 2. The number of hydrogen-bond acceptors (Lipinski definition) is 7.